The molecule has 0 bridgehead atoms. The number of benzene rings is 4. The fourth-order valence-electron chi connectivity index (χ4n) is 4.60. The van der Waals surface area contributed by atoms with Crippen LogP contribution in [0.4, 0.5) is 5.69 Å². The van der Waals surface area contributed by atoms with Crippen LogP contribution in [0.15, 0.2) is 108 Å². The van der Waals surface area contributed by atoms with Crippen molar-refractivity contribution < 1.29 is 18.0 Å². The zero-order valence-electron chi connectivity index (χ0n) is 24.0. The van der Waals surface area contributed by atoms with Crippen molar-refractivity contribution in [3.63, 3.8) is 0 Å². The van der Waals surface area contributed by atoms with Gasteiger partial charge in [0.1, 0.15) is 12.6 Å². The number of halogens is 3. The van der Waals surface area contributed by atoms with E-state index in [-0.39, 0.29) is 39.5 Å². The quantitative estimate of drug-likeness (QED) is 0.166. The summed E-state index contributed by atoms with van der Waals surface area (Å²) < 4.78 is 29.0. The Morgan fingerprint density at radius 3 is 2.05 bits per heavy atom. The van der Waals surface area contributed by atoms with E-state index in [1.54, 1.807) is 42.5 Å². The molecule has 1 unspecified atom stereocenters. The van der Waals surface area contributed by atoms with E-state index in [0.717, 1.165) is 15.4 Å². The average Bonchev–Trinajstić information content (AvgIpc) is 3.03. The lowest BCUT2D eigenvalue weighted by Crippen LogP contribution is -2.53. The van der Waals surface area contributed by atoms with Crippen LogP contribution in [-0.2, 0) is 32.6 Å². The van der Waals surface area contributed by atoms with E-state index in [9.17, 15) is 18.0 Å². The maximum Gasteiger partial charge on any atom is 0.264 e. The van der Waals surface area contributed by atoms with Crippen molar-refractivity contribution >= 4 is 62.3 Å². The molecule has 0 saturated heterocycles. The van der Waals surface area contributed by atoms with Gasteiger partial charge in [0.05, 0.1) is 20.6 Å². The van der Waals surface area contributed by atoms with Crippen molar-refractivity contribution in [2.45, 2.75) is 37.2 Å². The SMILES string of the molecule is CCCNC(=O)C(Cc1ccccc1)N(Cc1ccc(Cl)cc1)C(=O)CN(c1ccc(Cl)c(Cl)c1)S(=O)(=O)c1ccccc1. The average molecular weight is 673 g/mol. The Morgan fingerprint density at radius 1 is 0.795 bits per heavy atom. The Morgan fingerprint density at radius 2 is 1.43 bits per heavy atom. The lowest BCUT2D eigenvalue weighted by atomic mass is 10.0. The molecule has 4 rings (SSSR count). The zero-order valence-corrected chi connectivity index (χ0v) is 27.1. The Kier molecular flexibility index (Phi) is 11.7. The summed E-state index contributed by atoms with van der Waals surface area (Å²) in [7, 11) is -4.24. The minimum Gasteiger partial charge on any atom is -0.354 e. The van der Waals surface area contributed by atoms with Gasteiger partial charge in [-0.3, -0.25) is 13.9 Å². The number of nitrogens with one attached hydrogen (secondary N) is 1. The second-order valence-electron chi connectivity index (χ2n) is 10.1. The van der Waals surface area contributed by atoms with Crippen LogP contribution in [0, 0.1) is 0 Å². The molecule has 0 radical (unpaired) electrons. The first-order valence-corrected chi connectivity index (χ1v) is 16.6. The van der Waals surface area contributed by atoms with Crippen molar-refractivity contribution in [1.29, 1.82) is 0 Å². The largest absolute Gasteiger partial charge is 0.354 e. The van der Waals surface area contributed by atoms with E-state index >= 15 is 0 Å². The van der Waals surface area contributed by atoms with Crippen LogP contribution >= 0.6 is 34.8 Å². The molecule has 0 aliphatic heterocycles. The summed E-state index contributed by atoms with van der Waals surface area (Å²) in [4.78, 5) is 29.5. The second-order valence-corrected chi connectivity index (χ2v) is 13.2. The Bertz CT molecular complexity index is 1670. The summed E-state index contributed by atoms with van der Waals surface area (Å²) in [5.74, 6) is -0.928. The molecule has 11 heteroatoms. The molecule has 7 nitrogen and oxygen atoms in total. The van der Waals surface area contributed by atoms with Gasteiger partial charge in [-0.15, -0.1) is 0 Å². The first kappa shape index (κ1) is 33.3. The van der Waals surface area contributed by atoms with Gasteiger partial charge in [-0.2, -0.15) is 0 Å². The molecule has 0 aliphatic rings. The Balaban J connectivity index is 1.80. The Labute approximate surface area is 273 Å². The second kappa shape index (κ2) is 15.4. The van der Waals surface area contributed by atoms with Crippen LogP contribution in [0.3, 0.4) is 0 Å². The highest BCUT2D eigenvalue weighted by atomic mass is 35.5. The van der Waals surface area contributed by atoms with Gasteiger partial charge in [-0.25, -0.2) is 8.42 Å². The maximum atomic E-state index is 14.4. The van der Waals surface area contributed by atoms with Crippen molar-refractivity contribution in [3.8, 4) is 0 Å². The van der Waals surface area contributed by atoms with E-state index in [4.69, 9.17) is 34.8 Å². The highest BCUT2D eigenvalue weighted by Gasteiger charge is 2.34. The standard InChI is InChI=1S/C33H32Cl3N3O4S/c1-2-19-37-33(41)31(20-24-9-5-3-6-10-24)38(22-25-13-15-26(34)16-14-25)32(40)23-39(27-17-18-29(35)30(36)21-27)44(42,43)28-11-7-4-8-12-28/h3-18,21,31H,2,19-20,22-23H2,1H3,(H,37,41). The van der Waals surface area contributed by atoms with Crippen LogP contribution in [0.2, 0.25) is 15.1 Å². The molecule has 2 amide bonds. The molecular formula is C33H32Cl3N3O4S. The summed E-state index contributed by atoms with van der Waals surface area (Å²) in [6.07, 6.45) is 0.920. The molecule has 1 N–H and O–H groups in total. The Hall–Kier alpha value is -3.56. The number of sulfonamides is 1. The molecule has 44 heavy (non-hydrogen) atoms. The molecule has 0 saturated carbocycles. The van der Waals surface area contributed by atoms with Gasteiger partial charge in [-0.05, 0) is 60.0 Å². The fourth-order valence-corrected chi connectivity index (χ4v) is 6.44. The van der Waals surface area contributed by atoms with Crippen molar-refractivity contribution in [2.24, 2.45) is 0 Å². The monoisotopic (exact) mass is 671 g/mol. The number of carbonyl (C=O) groups excluding carboxylic acids is 2. The summed E-state index contributed by atoms with van der Waals surface area (Å²) >= 11 is 18.6. The van der Waals surface area contributed by atoms with Gasteiger partial charge in [0, 0.05) is 24.5 Å². The predicted molar refractivity (Wildman–Crippen MR) is 177 cm³/mol. The van der Waals surface area contributed by atoms with Gasteiger partial charge in [0.25, 0.3) is 10.0 Å². The van der Waals surface area contributed by atoms with Crippen LogP contribution in [-0.4, -0.2) is 44.3 Å². The number of anilines is 1. The molecule has 0 aliphatic carbocycles. The minimum atomic E-state index is -4.24. The van der Waals surface area contributed by atoms with E-state index in [2.05, 4.69) is 5.32 Å². The van der Waals surface area contributed by atoms with E-state index in [0.29, 0.717) is 18.0 Å². The molecule has 0 aromatic heterocycles. The predicted octanol–water partition coefficient (Wildman–Crippen LogP) is 7.01. The highest BCUT2D eigenvalue weighted by Crippen LogP contribution is 2.31. The summed E-state index contributed by atoms with van der Waals surface area (Å²) in [6.45, 7) is 1.79. The van der Waals surface area contributed by atoms with Crippen LogP contribution in [0.25, 0.3) is 0 Å². The first-order chi connectivity index (χ1) is 21.1. The number of amides is 2. The van der Waals surface area contributed by atoms with Crippen molar-refractivity contribution in [3.05, 3.63) is 129 Å². The lowest BCUT2D eigenvalue weighted by molar-refractivity contribution is -0.140. The molecule has 4 aromatic rings. The van der Waals surface area contributed by atoms with Gasteiger partial charge in [-0.1, -0.05) is 102 Å². The van der Waals surface area contributed by atoms with Crippen LogP contribution < -0.4 is 9.62 Å². The smallest absolute Gasteiger partial charge is 0.264 e. The van der Waals surface area contributed by atoms with Gasteiger partial charge >= 0.3 is 0 Å². The van der Waals surface area contributed by atoms with E-state index < -0.39 is 28.5 Å². The minimum absolute atomic E-state index is 0.00959. The normalized spacial score (nSPS) is 11.9. The molecule has 230 valence electrons. The van der Waals surface area contributed by atoms with Gasteiger partial charge in [0.2, 0.25) is 11.8 Å². The summed E-state index contributed by atoms with van der Waals surface area (Å²) in [5.41, 5.74) is 1.71. The molecule has 0 heterocycles. The lowest BCUT2D eigenvalue weighted by Gasteiger charge is -2.34. The third-order valence-electron chi connectivity index (χ3n) is 6.89. The highest BCUT2D eigenvalue weighted by molar-refractivity contribution is 7.92. The number of hydrogen-bond donors (Lipinski definition) is 1. The van der Waals surface area contributed by atoms with E-state index in [1.807, 2.05) is 37.3 Å². The van der Waals surface area contributed by atoms with Gasteiger partial charge in [0.15, 0.2) is 0 Å². The molecule has 4 aromatic carbocycles. The van der Waals surface area contributed by atoms with Crippen molar-refractivity contribution in [2.75, 3.05) is 17.4 Å². The van der Waals surface area contributed by atoms with E-state index in [1.165, 1.54) is 35.2 Å². The third-order valence-corrected chi connectivity index (χ3v) is 9.67. The fraction of sp³-hybridized carbons (Fsp3) is 0.212. The van der Waals surface area contributed by atoms with Crippen molar-refractivity contribution in [1.82, 2.24) is 10.2 Å². The molecule has 1 atom stereocenters. The van der Waals surface area contributed by atoms with Crippen LogP contribution in [0.5, 0.6) is 0 Å². The van der Waals surface area contributed by atoms with Gasteiger partial charge < -0.3 is 10.2 Å². The molecular weight excluding hydrogens is 641 g/mol. The number of nitrogens with zero attached hydrogens (tertiary/aromatic N) is 2. The van der Waals surface area contributed by atoms with Crippen LogP contribution in [0.1, 0.15) is 24.5 Å². The topological polar surface area (TPSA) is 86.8 Å². The number of carbonyl (C=O) groups is 2. The maximum absolute atomic E-state index is 14.4. The summed E-state index contributed by atoms with van der Waals surface area (Å²) in [5, 5.41) is 3.80. The molecule has 0 fully saturated rings. The third kappa shape index (κ3) is 8.54. The number of hydrogen-bond acceptors (Lipinski definition) is 4. The zero-order chi connectivity index (χ0) is 31.7. The first-order valence-electron chi connectivity index (χ1n) is 14.0. The molecule has 0 spiro atoms. The summed E-state index contributed by atoms with van der Waals surface area (Å²) in [6, 6.07) is 27.5. The number of rotatable bonds is 13.